The van der Waals surface area contributed by atoms with Crippen LogP contribution in [0.3, 0.4) is 0 Å². The Bertz CT molecular complexity index is 607. The lowest BCUT2D eigenvalue weighted by Gasteiger charge is -2.12. The smallest absolute Gasteiger partial charge is 0.0419 e. The van der Waals surface area contributed by atoms with E-state index in [0.29, 0.717) is 0 Å². The average molecular weight is 252 g/mol. The van der Waals surface area contributed by atoms with Crippen molar-refractivity contribution in [3.8, 4) is 11.1 Å². The minimum Gasteiger partial charge on any atom is -0.388 e. The number of rotatable bonds is 3. The van der Waals surface area contributed by atoms with Crippen molar-refractivity contribution in [2.75, 3.05) is 12.4 Å². The van der Waals surface area contributed by atoms with Crippen LogP contribution in [-0.2, 0) is 0 Å². The molecule has 2 heteroatoms. The van der Waals surface area contributed by atoms with Crippen LogP contribution in [0.5, 0.6) is 0 Å². The summed E-state index contributed by atoms with van der Waals surface area (Å²) in [5.41, 5.74) is 7.83. The summed E-state index contributed by atoms with van der Waals surface area (Å²) in [6, 6.07) is 10.6. The van der Waals surface area contributed by atoms with Gasteiger partial charge in [0.1, 0.15) is 0 Å². The number of hydrogen-bond donors (Lipinski definition) is 1. The number of nitrogens with one attached hydrogen (secondary N) is 1. The Labute approximate surface area is 115 Å². The lowest BCUT2D eigenvalue weighted by molar-refractivity contribution is 1.12. The van der Waals surface area contributed by atoms with Crippen LogP contribution in [-0.4, -0.2) is 12.0 Å². The van der Waals surface area contributed by atoms with Crippen LogP contribution in [0.2, 0.25) is 0 Å². The number of anilines is 1. The zero-order chi connectivity index (χ0) is 14.0. The summed E-state index contributed by atoms with van der Waals surface area (Å²) in [7, 11) is 1.94. The minimum absolute atomic E-state index is 1.05. The first-order chi connectivity index (χ1) is 9.01. The zero-order valence-electron chi connectivity index (χ0n) is 12.0. The summed E-state index contributed by atoms with van der Waals surface area (Å²) in [5, 5.41) is 3.24. The second-order valence-electron chi connectivity index (χ2n) is 4.93. The monoisotopic (exact) mass is 252 g/mol. The van der Waals surface area contributed by atoms with Gasteiger partial charge in [-0.1, -0.05) is 18.7 Å². The van der Waals surface area contributed by atoms with Crippen molar-refractivity contribution in [1.29, 1.82) is 0 Å². The lowest BCUT2D eigenvalue weighted by Crippen LogP contribution is -1.95. The van der Waals surface area contributed by atoms with E-state index < -0.39 is 0 Å². The third-order valence-corrected chi connectivity index (χ3v) is 3.16. The van der Waals surface area contributed by atoms with Gasteiger partial charge >= 0.3 is 0 Å². The van der Waals surface area contributed by atoms with Gasteiger partial charge in [0.05, 0.1) is 0 Å². The SMILES string of the molecule is C=C(C)c1ccc(-c2cc(C)nc(C)c2)cc1NC. The van der Waals surface area contributed by atoms with Gasteiger partial charge in [0.15, 0.2) is 0 Å². The highest BCUT2D eigenvalue weighted by Crippen LogP contribution is 2.29. The van der Waals surface area contributed by atoms with Crippen molar-refractivity contribution in [2.45, 2.75) is 20.8 Å². The van der Waals surface area contributed by atoms with Crippen molar-refractivity contribution >= 4 is 11.3 Å². The molecular formula is C17H20N2. The fourth-order valence-corrected chi connectivity index (χ4v) is 2.30. The van der Waals surface area contributed by atoms with Crippen LogP contribution < -0.4 is 5.32 Å². The van der Waals surface area contributed by atoms with Gasteiger partial charge in [-0.2, -0.15) is 0 Å². The van der Waals surface area contributed by atoms with Gasteiger partial charge in [0, 0.05) is 24.1 Å². The first kappa shape index (κ1) is 13.3. The standard InChI is InChI=1S/C17H20N2/c1-11(2)16-7-6-14(10-17(16)18-5)15-8-12(3)19-13(4)9-15/h6-10,18H,1H2,2-5H3. The molecule has 2 nitrogen and oxygen atoms in total. The number of aromatic nitrogens is 1. The Hall–Kier alpha value is -2.09. The van der Waals surface area contributed by atoms with Crippen molar-refractivity contribution in [3.05, 3.63) is 53.9 Å². The largest absolute Gasteiger partial charge is 0.388 e. The number of benzene rings is 1. The van der Waals surface area contributed by atoms with E-state index in [1.165, 1.54) is 11.1 Å². The fraction of sp³-hybridized carbons (Fsp3) is 0.235. The summed E-state index contributed by atoms with van der Waals surface area (Å²) in [4.78, 5) is 4.42. The fourth-order valence-electron chi connectivity index (χ4n) is 2.30. The van der Waals surface area contributed by atoms with E-state index in [1.54, 1.807) is 0 Å². The molecule has 0 saturated carbocycles. The maximum absolute atomic E-state index is 4.42. The Balaban J connectivity index is 2.54. The van der Waals surface area contributed by atoms with Crippen LogP contribution in [0, 0.1) is 13.8 Å². The molecule has 0 fully saturated rings. The molecule has 0 atom stereocenters. The molecule has 0 aliphatic heterocycles. The summed E-state index contributed by atoms with van der Waals surface area (Å²) < 4.78 is 0. The molecule has 2 rings (SSSR count). The second kappa shape index (κ2) is 5.27. The third-order valence-electron chi connectivity index (χ3n) is 3.16. The van der Waals surface area contributed by atoms with Gasteiger partial charge in [-0.15, -0.1) is 0 Å². The molecule has 0 radical (unpaired) electrons. The molecule has 1 aromatic heterocycles. The predicted octanol–water partition coefficient (Wildman–Crippen LogP) is 4.44. The molecule has 0 bridgehead atoms. The summed E-state index contributed by atoms with van der Waals surface area (Å²) >= 11 is 0. The average Bonchev–Trinajstić information content (AvgIpc) is 2.36. The van der Waals surface area contributed by atoms with E-state index >= 15 is 0 Å². The number of hydrogen-bond acceptors (Lipinski definition) is 2. The number of nitrogens with zero attached hydrogens (tertiary/aromatic N) is 1. The summed E-state index contributed by atoms with van der Waals surface area (Å²) in [5.74, 6) is 0. The number of allylic oxidation sites excluding steroid dienone is 1. The van der Waals surface area contributed by atoms with E-state index in [0.717, 1.165) is 28.2 Å². The summed E-state index contributed by atoms with van der Waals surface area (Å²) in [6.45, 7) is 10.1. The summed E-state index contributed by atoms with van der Waals surface area (Å²) in [6.07, 6.45) is 0. The van der Waals surface area contributed by atoms with Crippen LogP contribution in [0.25, 0.3) is 16.7 Å². The highest BCUT2D eigenvalue weighted by atomic mass is 14.8. The molecule has 1 N–H and O–H groups in total. The van der Waals surface area contributed by atoms with Crippen molar-refractivity contribution in [2.24, 2.45) is 0 Å². The Kier molecular flexibility index (Phi) is 3.70. The van der Waals surface area contributed by atoms with Crippen LogP contribution in [0.15, 0.2) is 36.9 Å². The van der Waals surface area contributed by atoms with E-state index in [2.05, 4.69) is 47.2 Å². The maximum Gasteiger partial charge on any atom is 0.0419 e. The van der Waals surface area contributed by atoms with E-state index in [-0.39, 0.29) is 0 Å². The van der Waals surface area contributed by atoms with Crippen LogP contribution in [0.1, 0.15) is 23.9 Å². The Morgan fingerprint density at radius 1 is 1.05 bits per heavy atom. The molecule has 98 valence electrons. The molecule has 2 aromatic rings. The number of pyridine rings is 1. The van der Waals surface area contributed by atoms with Crippen molar-refractivity contribution in [3.63, 3.8) is 0 Å². The molecule has 0 saturated heterocycles. The molecule has 19 heavy (non-hydrogen) atoms. The normalized spacial score (nSPS) is 10.3. The first-order valence-electron chi connectivity index (χ1n) is 6.44. The van der Waals surface area contributed by atoms with Gasteiger partial charge < -0.3 is 5.32 Å². The highest BCUT2D eigenvalue weighted by Gasteiger charge is 2.06. The van der Waals surface area contributed by atoms with Gasteiger partial charge in [-0.05, 0) is 61.2 Å². The third kappa shape index (κ3) is 2.84. The number of aryl methyl sites for hydroxylation is 2. The maximum atomic E-state index is 4.42. The molecule has 0 unspecified atom stereocenters. The van der Waals surface area contributed by atoms with E-state index in [1.807, 2.05) is 27.8 Å². The predicted molar refractivity (Wildman–Crippen MR) is 83.4 cm³/mol. The Morgan fingerprint density at radius 3 is 2.21 bits per heavy atom. The molecule has 0 aliphatic carbocycles. The molecule has 1 aromatic carbocycles. The van der Waals surface area contributed by atoms with E-state index in [4.69, 9.17) is 0 Å². The topological polar surface area (TPSA) is 24.9 Å². The van der Waals surface area contributed by atoms with Crippen molar-refractivity contribution < 1.29 is 0 Å². The van der Waals surface area contributed by atoms with Gasteiger partial charge in [-0.3, -0.25) is 4.98 Å². The molecular weight excluding hydrogens is 232 g/mol. The van der Waals surface area contributed by atoms with Crippen molar-refractivity contribution in [1.82, 2.24) is 4.98 Å². The van der Waals surface area contributed by atoms with E-state index in [9.17, 15) is 0 Å². The van der Waals surface area contributed by atoms with Crippen LogP contribution in [0.4, 0.5) is 5.69 Å². The quantitative estimate of drug-likeness (QED) is 0.873. The molecule has 0 amide bonds. The molecule has 1 heterocycles. The molecule has 0 spiro atoms. The highest BCUT2D eigenvalue weighted by molar-refractivity contribution is 5.79. The van der Waals surface area contributed by atoms with Gasteiger partial charge in [0.2, 0.25) is 0 Å². The Morgan fingerprint density at radius 2 is 1.68 bits per heavy atom. The molecule has 0 aliphatic rings. The van der Waals surface area contributed by atoms with Gasteiger partial charge in [-0.25, -0.2) is 0 Å². The first-order valence-corrected chi connectivity index (χ1v) is 6.44. The lowest BCUT2D eigenvalue weighted by atomic mass is 9.99. The van der Waals surface area contributed by atoms with Crippen LogP contribution >= 0.6 is 0 Å². The zero-order valence-corrected chi connectivity index (χ0v) is 12.0. The minimum atomic E-state index is 1.05. The second-order valence-corrected chi connectivity index (χ2v) is 4.93. The van der Waals surface area contributed by atoms with Gasteiger partial charge in [0.25, 0.3) is 0 Å².